The fraction of sp³-hybridized carbons (Fsp3) is 0.412. The van der Waals surface area contributed by atoms with Crippen LogP contribution in [0, 0.1) is 0 Å². The molecule has 0 saturated carbocycles. The third-order valence-corrected chi connectivity index (χ3v) is 5.26. The average Bonchev–Trinajstić information content (AvgIpc) is 3.26. The minimum absolute atomic E-state index is 0.0821. The Hall–Kier alpha value is -2.12. The van der Waals surface area contributed by atoms with Gasteiger partial charge in [0, 0.05) is 30.2 Å². The molecule has 0 bridgehead atoms. The molecule has 128 valence electrons. The zero-order valence-electron chi connectivity index (χ0n) is 13.6. The largest absolute Gasteiger partial charge is 0.383 e. The summed E-state index contributed by atoms with van der Waals surface area (Å²) in [7, 11) is 0. The Morgan fingerprint density at radius 1 is 1.46 bits per heavy atom. The van der Waals surface area contributed by atoms with Gasteiger partial charge >= 0.3 is 6.03 Å². The van der Waals surface area contributed by atoms with E-state index in [4.69, 9.17) is 0 Å². The lowest BCUT2D eigenvalue weighted by Crippen LogP contribution is -2.47. The Morgan fingerprint density at radius 2 is 2.33 bits per heavy atom. The van der Waals surface area contributed by atoms with Crippen molar-refractivity contribution in [3.8, 4) is 0 Å². The first-order valence-electron chi connectivity index (χ1n) is 8.01. The first-order chi connectivity index (χ1) is 11.5. The number of pyridine rings is 1. The lowest BCUT2D eigenvalue weighted by Gasteiger charge is -2.23. The van der Waals surface area contributed by atoms with Crippen molar-refractivity contribution in [3.05, 3.63) is 46.8 Å². The number of urea groups is 1. The predicted molar refractivity (Wildman–Crippen MR) is 95.3 cm³/mol. The lowest BCUT2D eigenvalue weighted by atomic mass is 10.1. The summed E-state index contributed by atoms with van der Waals surface area (Å²) in [6.45, 7) is 3.49. The standard InChI is InChI=1S/C17H22N4O2S/c1-17(23,14-5-4-10-24-14)12-19-16(22)20-13-7-9-21(11-13)15-6-2-3-8-18-15/h2-6,8,10,13,23H,7,9,11-12H2,1H3,(H2,19,20,22). The second-order valence-electron chi connectivity index (χ2n) is 6.20. The van der Waals surface area contributed by atoms with Gasteiger partial charge in [0.05, 0.1) is 6.54 Å². The first-order valence-corrected chi connectivity index (χ1v) is 8.89. The number of hydrogen-bond acceptors (Lipinski definition) is 5. The molecule has 0 spiro atoms. The van der Waals surface area contributed by atoms with Crippen molar-refractivity contribution in [1.82, 2.24) is 15.6 Å². The zero-order valence-corrected chi connectivity index (χ0v) is 14.4. The molecule has 3 heterocycles. The van der Waals surface area contributed by atoms with E-state index in [0.717, 1.165) is 30.2 Å². The molecule has 24 heavy (non-hydrogen) atoms. The molecule has 6 nitrogen and oxygen atoms in total. The van der Waals surface area contributed by atoms with Crippen molar-refractivity contribution in [1.29, 1.82) is 0 Å². The monoisotopic (exact) mass is 346 g/mol. The summed E-state index contributed by atoms with van der Waals surface area (Å²) in [5.74, 6) is 0.933. The predicted octanol–water partition coefficient (Wildman–Crippen LogP) is 1.93. The molecule has 1 aliphatic rings. The fourth-order valence-electron chi connectivity index (χ4n) is 2.79. The number of nitrogens with zero attached hydrogens (tertiary/aromatic N) is 2. The van der Waals surface area contributed by atoms with Crippen LogP contribution in [-0.4, -0.2) is 41.8 Å². The summed E-state index contributed by atoms with van der Waals surface area (Å²) in [6.07, 6.45) is 2.65. The van der Waals surface area contributed by atoms with Crippen LogP contribution in [0.4, 0.5) is 10.6 Å². The Balaban J connectivity index is 1.46. The van der Waals surface area contributed by atoms with Gasteiger partial charge in [-0.1, -0.05) is 12.1 Å². The molecule has 3 rings (SSSR count). The van der Waals surface area contributed by atoms with Gasteiger partial charge in [0.1, 0.15) is 11.4 Å². The van der Waals surface area contributed by atoms with Crippen LogP contribution in [0.2, 0.25) is 0 Å². The Bertz CT molecular complexity index is 660. The normalized spacial score (nSPS) is 19.8. The van der Waals surface area contributed by atoms with Gasteiger partial charge < -0.3 is 20.6 Å². The maximum atomic E-state index is 12.1. The van der Waals surface area contributed by atoms with Gasteiger partial charge in [-0.25, -0.2) is 9.78 Å². The smallest absolute Gasteiger partial charge is 0.315 e. The van der Waals surface area contributed by atoms with Gasteiger partial charge in [-0.15, -0.1) is 11.3 Å². The van der Waals surface area contributed by atoms with E-state index in [9.17, 15) is 9.90 Å². The molecule has 7 heteroatoms. The van der Waals surface area contributed by atoms with E-state index >= 15 is 0 Å². The number of aliphatic hydroxyl groups is 1. The Kier molecular flexibility index (Phi) is 5.01. The number of thiophene rings is 1. The van der Waals surface area contributed by atoms with Crippen molar-refractivity contribution in [2.75, 3.05) is 24.5 Å². The Morgan fingerprint density at radius 3 is 3.04 bits per heavy atom. The molecule has 0 radical (unpaired) electrons. The summed E-state index contributed by atoms with van der Waals surface area (Å²) in [6, 6.07) is 9.41. The van der Waals surface area contributed by atoms with Crippen molar-refractivity contribution in [3.63, 3.8) is 0 Å². The van der Waals surface area contributed by atoms with Crippen molar-refractivity contribution >= 4 is 23.2 Å². The number of anilines is 1. The molecule has 2 atom stereocenters. The maximum absolute atomic E-state index is 12.1. The fourth-order valence-corrected chi connectivity index (χ4v) is 3.57. The summed E-state index contributed by atoms with van der Waals surface area (Å²) >= 11 is 1.48. The average molecular weight is 346 g/mol. The van der Waals surface area contributed by atoms with E-state index in [-0.39, 0.29) is 18.6 Å². The van der Waals surface area contributed by atoms with Gasteiger partial charge in [-0.05, 0) is 36.9 Å². The summed E-state index contributed by atoms with van der Waals surface area (Å²) in [5.41, 5.74) is -1.05. The summed E-state index contributed by atoms with van der Waals surface area (Å²) < 4.78 is 0. The van der Waals surface area contributed by atoms with E-state index in [1.165, 1.54) is 11.3 Å². The number of nitrogens with one attached hydrogen (secondary N) is 2. The molecule has 2 aromatic heterocycles. The van der Waals surface area contributed by atoms with E-state index in [0.29, 0.717) is 0 Å². The van der Waals surface area contributed by atoms with Crippen LogP contribution in [0.15, 0.2) is 41.9 Å². The van der Waals surface area contributed by atoms with Crippen LogP contribution in [0.5, 0.6) is 0 Å². The number of hydrogen-bond donors (Lipinski definition) is 3. The van der Waals surface area contributed by atoms with E-state index in [1.54, 1.807) is 13.1 Å². The molecule has 2 unspecified atom stereocenters. The number of amides is 2. The first kappa shape index (κ1) is 16.7. The highest BCUT2D eigenvalue weighted by molar-refractivity contribution is 7.10. The number of carbonyl (C=O) groups is 1. The molecule has 1 fully saturated rings. The van der Waals surface area contributed by atoms with Crippen LogP contribution in [-0.2, 0) is 5.60 Å². The molecule has 2 amide bonds. The molecular formula is C17H22N4O2S. The van der Waals surface area contributed by atoms with E-state index < -0.39 is 5.60 Å². The molecule has 0 aliphatic carbocycles. The van der Waals surface area contributed by atoms with Gasteiger partial charge in [0.15, 0.2) is 0 Å². The van der Waals surface area contributed by atoms with E-state index in [1.807, 2.05) is 35.7 Å². The third kappa shape index (κ3) is 4.04. The lowest BCUT2D eigenvalue weighted by molar-refractivity contribution is 0.0630. The van der Waals surface area contributed by atoms with Crippen LogP contribution < -0.4 is 15.5 Å². The number of rotatable bonds is 5. The topological polar surface area (TPSA) is 77.5 Å². The highest BCUT2D eigenvalue weighted by Crippen LogP contribution is 2.24. The van der Waals surface area contributed by atoms with E-state index in [2.05, 4.69) is 20.5 Å². The maximum Gasteiger partial charge on any atom is 0.315 e. The summed E-state index contributed by atoms with van der Waals surface area (Å²) in [5, 5.41) is 18.1. The van der Waals surface area contributed by atoms with Gasteiger partial charge in [-0.2, -0.15) is 0 Å². The third-order valence-electron chi connectivity index (χ3n) is 4.14. The zero-order chi connectivity index (χ0) is 17.0. The number of aromatic nitrogens is 1. The molecule has 3 N–H and O–H groups in total. The second kappa shape index (κ2) is 7.19. The summed E-state index contributed by atoms with van der Waals surface area (Å²) in [4.78, 5) is 19.4. The molecule has 1 saturated heterocycles. The molecule has 0 aromatic carbocycles. The minimum Gasteiger partial charge on any atom is -0.383 e. The second-order valence-corrected chi connectivity index (χ2v) is 7.15. The van der Waals surface area contributed by atoms with Crippen LogP contribution in [0.25, 0.3) is 0 Å². The SMILES string of the molecule is CC(O)(CNC(=O)NC1CCN(c2ccccn2)C1)c1cccs1. The van der Waals surface area contributed by atoms with Gasteiger partial charge in [0.25, 0.3) is 0 Å². The molecule has 1 aliphatic heterocycles. The van der Waals surface area contributed by atoms with Crippen molar-refractivity contribution < 1.29 is 9.90 Å². The van der Waals surface area contributed by atoms with Crippen molar-refractivity contribution in [2.24, 2.45) is 0 Å². The number of carbonyl (C=O) groups excluding carboxylic acids is 1. The highest BCUT2D eigenvalue weighted by Gasteiger charge is 2.27. The molecule has 2 aromatic rings. The van der Waals surface area contributed by atoms with Crippen LogP contribution in [0.3, 0.4) is 0 Å². The van der Waals surface area contributed by atoms with Crippen LogP contribution >= 0.6 is 11.3 Å². The Labute approximate surface area is 145 Å². The minimum atomic E-state index is -1.05. The van der Waals surface area contributed by atoms with Gasteiger partial charge in [0.2, 0.25) is 0 Å². The van der Waals surface area contributed by atoms with Gasteiger partial charge in [-0.3, -0.25) is 0 Å². The highest BCUT2D eigenvalue weighted by atomic mass is 32.1. The quantitative estimate of drug-likeness (QED) is 0.773. The van der Waals surface area contributed by atoms with Crippen LogP contribution in [0.1, 0.15) is 18.2 Å². The van der Waals surface area contributed by atoms with Crippen molar-refractivity contribution in [2.45, 2.75) is 25.0 Å². The molecular weight excluding hydrogens is 324 g/mol.